The number of carbonyl (C=O) groups excluding carboxylic acids is 1. The molecule has 2 N–H and O–H groups in total. The molecule has 0 saturated carbocycles. The van der Waals surface area contributed by atoms with E-state index in [4.69, 9.17) is 0 Å². The van der Waals surface area contributed by atoms with Gasteiger partial charge in [-0.15, -0.1) is 0 Å². The lowest BCUT2D eigenvalue weighted by atomic mass is 10.2. The summed E-state index contributed by atoms with van der Waals surface area (Å²) in [6.07, 6.45) is 1.61. The van der Waals surface area contributed by atoms with Crippen molar-refractivity contribution >= 4 is 17.7 Å². The maximum atomic E-state index is 12.0. The van der Waals surface area contributed by atoms with Crippen molar-refractivity contribution in [3.05, 3.63) is 46.0 Å². The van der Waals surface area contributed by atoms with E-state index < -0.39 is 5.91 Å². The minimum atomic E-state index is -0.392. The molecule has 0 radical (unpaired) electrons. The van der Waals surface area contributed by atoms with Gasteiger partial charge in [-0.25, -0.2) is 4.98 Å². The van der Waals surface area contributed by atoms with E-state index in [-0.39, 0.29) is 11.1 Å². The van der Waals surface area contributed by atoms with Gasteiger partial charge >= 0.3 is 0 Å². The summed E-state index contributed by atoms with van der Waals surface area (Å²) in [4.78, 5) is 34.5. The molecule has 0 saturated heterocycles. The van der Waals surface area contributed by atoms with E-state index in [0.29, 0.717) is 19.0 Å². The molecule has 8 nitrogen and oxygen atoms in total. The zero-order valence-electron chi connectivity index (χ0n) is 14.3. The third-order valence-corrected chi connectivity index (χ3v) is 3.36. The molecule has 2 heterocycles. The van der Waals surface area contributed by atoms with Crippen LogP contribution in [0, 0.1) is 6.92 Å². The highest BCUT2D eigenvalue weighted by Gasteiger charge is 2.10. The second-order valence-electron chi connectivity index (χ2n) is 5.61. The van der Waals surface area contributed by atoms with E-state index in [1.807, 2.05) is 32.0 Å². The van der Waals surface area contributed by atoms with E-state index >= 15 is 0 Å². The van der Waals surface area contributed by atoms with Gasteiger partial charge in [0.15, 0.2) is 0 Å². The highest BCUT2D eigenvalue weighted by Crippen LogP contribution is 2.11. The fourth-order valence-electron chi connectivity index (χ4n) is 2.08. The van der Waals surface area contributed by atoms with Crippen LogP contribution in [0.15, 0.2) is 29.2 Å². The third kappa shape index (κ3) is 4.31. The minimum Gasteiger partial charge on any atom is -0.363 e. The molecular weight excluding hydrogens is 308 g/mol. The van der Waals surface area contributed by atoms with Gasteiger partial charge in [-0.2, -0.15) is 4.98 Å². The molecule has 24 heavy (non-hydrogen) atoms. The van der Waals surface area contributed by atoms with Crippen LogP contribution in [0.25, 0.3) is 0 Å². The van der Waals surface area contributed by atoms with E-state index in [9.17, 15) is 9.59 Å². The molecule has 0 spiro atoms. The molecule has 0 unspecified atom stereocenters. The minimum absolute atomic E-state index is 0.127. The zero-order valence-corrected chi connectivity index (χ0v) is 14.3. The number of hydrogen-bond donors (Lipinski definition) is 2. The van der Waals surface area contributed by atoms with Crippen molar-refractivity contribution < 1.29 is 4.79 Å². The van der Waals surface area contributed by atoms with Crippen molar-refractivity contribution in [3.63, 3.8) is 0 Å². The summed E-state index contributed by atoms with van der Waals surface area (Å²) in [5.74, 6) is 0.919. The number of carbonyl (C=O) groups is 1. The Kier molecular flexibility index (Phi) is 5.51. The Labute approximate surface area is 140 Å². The summed E-state index contributed by atoms with van der Waals surface area (Å²) in [5, 5.41) is 5.78. The lowest BCUT2D eigenvalue weighted by Gasteiger charge is -2.14. The summed E-state index contributed by atoms with van der Waals surface area (Å²) >= 11 is 0. The van der Waals surface area contributed by atoms with E-state index in [2.05, 4.69) is 20.6 Å². The topological polar surface area (TPSA) is 92.2 Å². The highest BCUT2D eigenvalue weighted by molar-refractivity contribution is 5.93. The van der Waals surface area contributed by atoms with Crippen LogP contribution in [0.5, 0.6) is 0 Å². The summed E-state index contributed by atoms with van der Waals surface area (Å²) in [6, 6.07) is 5.06. The Balaban J connectivity index is 1.90. The smallest absolute Gasteiger partial charge is 0.263 e. The number of rotatable bonds is 6. The Morgan fingerprint density at radius 3 is 2.75 bits per heavy atom. The van der Waals surface area contributed by atoms with Crippen molar-refractivity contribution in [1.82, 2.24) is 19.9 Å². The van der Waals surface area contributed by atoms with Crippen molar-refractivity contribution in [2.45, 2.75) is 6.92 Å². The quantitative estimate of drug-likeness (QED) is 0.745. The van der Waals surface area contributed by atoms with Gasteiger partial charge in [0, 0.05) is 52.2 Å². The molecule has 0 aliphatic carbocycles. The average Bonchev–Trinajstić information content (AvgIpc) is 2.53. The molecule has 0 fully saturated rings. The maximum Gasteiger partial charge on any atom is 0.263 e. The van der Waals surface area contributed by atoms with Crippen LogP contribution in [0.1, 0.15) is 16.1 Å². The molecule has 0 bridgehead atoms. The van der Waals surface area contributed by atoms with Gasteiger partial charge in [0.2, 0.25) is 5.95 Å². The maximum absolute atomic E-state index is 12.0. The molecule has 1 amide bonds. The van der Waals surface area contributed by atoms with Gasteiger partial charge in [0.1, 0.15) is 11.4 Å². The SMILES string of the molecule is Cc1cc(N(C)C)nc(NCCNC(=O)c2cccn(C)c2=O)n1. The number of aryl methyl sites for hydroxylation is 2. The van der Waals surface area contributed by atoms with Crippen molar-refractivity contribution in [1.29, 1.82) is 0 Å². The zero-order chi connectivity index (χ0) is 17.7. The van der Waals surface area contributed by atoms with Crippen LogP contribution in [0.4, 0.5) is 11.8 Å². The number of anilines is 2. The van der Waals surface area contributed by atoms with E-state index in [1.54, 1.807) is 19.3 Å². The van der Waals surface area contributed by atoms with E-state index in [1.165, 1.54) is 10.6 Å². The first kappa shape index (κ1) is 17.5. The van der Waals surface area contributed by atoms with Gasteiger partial charge in [-0.05, 0) is 19.1 Å². The van der Waals surface area contributed by atoms with Gasteiger partial charge < -0.3 is 20.1 Å². The van der Waals surface area contributed by atoms with Crippen LogP contribution in [0.3, 0.4) is 0 Å². The summed E-state index contributed by atoms with van der Waals surface area (Å²) in [5.41, 5.74) is 0.662. The van der Waals surface area contributed by atoms with Gasteiger partial charge in [0.05, 0.1) is 0 Å². The molecule has 2 rings (SSSR count). The molecule has 0 aliphatic rings. The number of nitrogens with one attached hydrogen (secondary N) is 2. The van der Waals surface area contributed by atoms with Gasteiger partial charge in [0.25, 0.3) is 11.5 Å². The first-order valence-electron chi connectivity index (χ1n) is 7.59. The lowest BCUT2D eigenvalue weighted by Crippen LogP contribution is -2.34. The predicted octanol–water partition coefficient (Wildman–Crippen LogP) is 0.392. The molecule has 0 aromatic carbocycles. The van der Waals surface area contributed by atoms with Crippen molar-refractivity contribution in [2.24, 2.45) is 7.05 Å². The largest absolute Gasteiger partial charge is 0.363 e. The molecule has 128 valence electrons. The fraction of sp³-hybridized carbons (Fsp3) is 0.375. The van der Waals surface area contributed by atoms with Crippen molar-refractivity contribution in [2.75, 3.05) is 37.4 Å². The van der Waals surface area contributed by atoms with Crippen LogP contribution in [-0.4, -0.2) is 47.6 Å². The van der Waals surface area contributed by atoms with Crippen LogP contribution in [0.2, 0.25) is 0 Å². The molecular formula is C16H22N6O2. The first-order valence-corrected chi connectivity index (χ1v) is 7.59. The second kappa shape index (κ2) is 7.58. The molecule has 2 aromatic heterocycles. The number of nitrogens with zero attached hydrogens (tertiary/aromatic N) is 4. The average molecular weight is 330 g/mol. The summed E-state index contributed by atoms with van der Waals surface area (Å²) in [7, 11) is 5.43. The first-order chi connectivity index (χ1) is 11.4. The summed E-state index contributed by atoms with van der Waals surface area (Å²) in [6.45, 7) is 2.70. The molecule has 0 atom stereocenters. The van der Waals surface area contributed by atoms with Crippen molar-refractivity contribution in [3.8, 4) is 0 Å². The Morgan fingerprint density at radius 1 is 1.29 bits per heavy atom. The number of hydrogen-bond acceptors (Lipinski definition) is 6. The molecule has 8 heteroatoms. The monoisotopic (exact) mass is 330 g/mol. The molecule has 2 aromatic rings. The Morgan fingerprint density at radius 2 is 2.04 bits per heavy atom. The molecule has 0 aliphatic heterocycles. The predicted molar refractivity (Wildman–Crippen MR) is 93.6 cm³/mol. The Bertz CT molecular complexity index is 784. The van der Waals surface area contributed by atoms with Crippen LogP contribution in [-0.2, 0) is 7.05 Å². The van der Waals surface area contributed by atoms with Gasteiger partial charge in [-0.3, -0.25) is 9.59 Å². The van der Waals surface area contributed by atoms with E-state index in [0.717, 1.165) is 11.5 Å². The van der Waals surface area contributed by atoms with Crippen LogP contribution >= 0.6 is 0 Å². The van der Waals surface area contributed by atoms with Crippen LogP contribution < -0.4 is 21.1 Å². The highest BCUT2D eigenvalue weighted by atomic mass is 16.2. The normalized spacial score (nSPS) is 10.3. The number of amides is 1. The fourth-order valence-corrected chi connectivity index (χ4v) is 2.08. The Hall–Kier alpha value is -2.90. The number of pyridine rings is 1. The van der Waals surface area contributed by atoms with Gasteiger partial charge in [-0.1, -0.05) is 0 Å². The second-order valence-corrected chi connectivity index (χ2v) is 5.61. The summed E-state index contributed by atoms with van der Waals surface area (Å²) < 4.78 is 1.37. The number of aromatic nitrogens is 3. The standard InChI is InChI=1S/C16H22N6O2/c1-11-10-13(21(2)3)20-16(19-11)18-8-7-17-14(23)12-6-5-9-22(4)15(12)24/h5-6,9-10H,7-8H2,1-4H3,(H,17,23)(H,18,19,20). The lowest BCUT2D eigenvalue weighted by molar-refractivity contribution is 0.0953. The third-order valence-electron chi connectivity index (χ3n) is 3.36.